The number of hydrogen-bond donors (Lipinski definition) is 0. The molecule has 1 fully saturated rings. The number of amides is 1. The molecular formula is C22H22ClFN2O. The Labute approximate surface area is 164 Å². The van der Waals surface area contributed by atoms with Crippen molar-refractivity contribution in [2.24, 2.45) is 0 Å². The van der Waals surface area contributed by atoms with E-state index >= 15 is 0 Å². The van der Waals surface area contributed by atoms with E-state index in [0.717, 1.165) is 19.6 Å². The van der Waals surface area contributed by atoms with Crippen LogP contribution in [0.15, 0.2) is 60.7 Å². The predicted octanol–water partition coefficient (Wildman–Crippen LogP) is 4.35. The van der Waals surface area contributed by atoms with Crippen LogP contribution >= 0.6 is 11.6 Å². The van der Waals surface area contributed by atoms with Gasteiger partial charge in [-0.15, -0.1) is 0 Å². The van der Waals surface area contributed by atoms with Crippen molar-refractivity contribution < 1.29 is 9.18 Å². The summed E-state index contributed by atoms with van der Waals surface area (Å²) in [7, 11) is 0. The summed E-state index contributed by atoms with van der Waals surface area (Å²) in [6, 6.07) is 14.7. The van der Waals surface area contributed by atoms with Crippen LogP contribution in [-0.4, -0.2) is 48.4 Å². The number of benzene rings is 2. The normalized spacial score (nSPS) is 15.7. The molecule has 5 heteroatoms. The molecule has 1 amide bonds. The van der Waals surface area contributed by atoms with E-state index in [9.17, 15) is 9.18 Å². The zero-order valence-corrected chi connectivity index (χ0v) is 15.8. The number of carbonyl (C=O) groups is 1. The van der Waals surface area contributed by atoms with Crippen molar-refractivity contribution in [2.75, 3.05) is 32.7 Å². The summed E-state index contributed by atoms with van der Waals surface area (Å²) in [5.74, 6) is -0.546. The Morgan fingerprint density at radius 1 is 1.00 bits per heavy atom. The summed E-state index contributed by atoms with van der Waals surface area (Å²) >= 11 is 5.98. The van der Waals surface area contributed by atoms with E-state index < -0.39 is 5.82 Å². The highest BCUT2D eigenvalue weighted by Gasteiger charge is 2.18. The summed E-state index contributed by atoms with van der Waals surface area (Å²) in [5.41, 5.74) is 1.43. The van der Waals surface area contributed by atoms with Crippen molar-refractivity contribution in [2.45, 2.75) is 0 Å². The number of carbonyl (C=O) groups excluding carboxylic acids is 1. The fourth-order valence-electron chi connectivity index (χ4n) is 2.98. The van der Waals surface area contributed by atoms with Crippen LogP contribution in [0.5, 0.6) is 0 Å². The van der Waals surface area contributed by atoms with Gasteiger partial charge >= 0.3 is 0 Å². The Kier molecular flexibility index (Phi) is 6.80. The Morgan fingerprint density at radius 2 is 1.74 bits per heavy atom. The van der Waals surface area contributed by atoms with E-state index in [1.165, 1.54) is 23.8 Å². The number of halogens is 2. The van der Waals surface area contributed by atoms with Crippen LogP contribution in [0.25, 0.3) is 12.2 Å². The second-order valence-electron chi connectivity index (χ2n) is 6.41. The maximum absolute atomic E-state index is 13.8. The second-order valence-corrected chi connectivity index (χ2v) is 6.81. The van der Waals surface area contributed by atoms with Gasteiger partial charge in [-0.25, -0.2) is 4.39 Å². The molecule has 2 aromatic carbocycles. The molecule has 27 heavy (non-hydrogen) atoms. The molecule has 140 valence electrons. The van der Waals surface area contributed by atoms with Gasteiger partial charge in [0.2, 0.25) is 5.91 Å². The highest BCUT2D eigenvalue weighted by molar-refractivity contribution is 6.32. The minimum Gasteiger partial charge on any atom is -0.337 e. The zero-order chi connectivity index (χ0) is 19.1. The molecule has 0 N–H and O–H groups in total. The smallest absolute Gasteiger partial charge is 0.246 e. The third kappa shape index (κ3) is 5.52. The molecule has 1 aliphatic rings. The molecule has 3 rings (SSSR count). The summed E-state index contributed by atoms with van der Waals surface area (Å²) in [6.45, 7) is 3.82. The predicted molar refractivity (Wildman–Crippen MR) is 109 cm³/mol. The van der Waals surface area contributed by atoms with Crippen molar-refractivity contribution in [1.29, 1.82) is 0 Å². The van der Waals surface area contributed by atoms with Gasteiger partial charge in [-0.05, 0) is 23.8 Å². The Balaban J connectivity index is 1.48. The largest absolute Gasteiger partial charge is 0.337 e. The fraction of sp³-hybridized carbons (Fsp3) is 0.227. The minimum absolute atomic E-state index is 0.117. The first-order valence-electron chi connectivity index (χ1n) is 8.98. The van der Waals surface area contributed by atoms with Crippen LogP contribution in [-0.2, 0) is 4.79 Å². The van der Waals surface area contributed by atoms with Crippen molar-refractivity contribution in [3.8, 4) is 0 Å². The molecule has 0 radical (unpaired) electrons. The molecule has 0 saturated carbocycles. The minimum atomic E-state index is -0.429. The van der Waals surface area contributed by atoms with Gasteiger partial charge in [0.15, 0.2) is 0 Å². The van der Waals surface area contributed by atoms with Gasteiger partial charge < -0.3 is 4.90 Å². The van der Waals surface area contributed by atoms with Gasteiger partial charge in [-0.1, -0.05) is 60.2 Å². The molecule has 0 aromatic heterocycles. The summed E-state index contributed by atoms with van der Waals surface area (Å²) < 4.78 is 13.8. The fourth-order valence-corrected chi connectivity index (χ4v) is 3.21. The average molecular weight is 385 g/mol. The average Bonchev–Trinajstić information content (AvgIpc) is 2.69. The zero-order valence-electron chi connectivity index (χ0n) is 15.0. The first kappa shape index (κ1) is 19.3. The van der Waals surface area contributed by atoms with Crippen molar-refractivity contribution in [3.05, 3.63) is 82.6 Å². The monoisotopic (exact) mass is 384 g/mol. The van der Waals surface area contributed by atoms with Gasteiger partial charge in [0, 0.05) is 44.4 Å². The van der Waals surface area contributed by atoms with E-state index in [0.29, 0.717) is 18.1 Å². The van der Waals surface area contributed by atoms with Crippen LogP contribution in [0.4, 0.5) is 4.39 Å². The van der Waals surface area contributed by atoms with E-state index in [4.69, 9.17) is 11.6 Å². The third-order valence-electron chi connectivity index (χ3n) is 4.55. The van der Waals surface area contributed by atoms with Crippen LogP contribution < -0.4 is 0 Å². The molecule has 0 unspecified atom stereocenters. The Bertz CT molecular complexity index is 807. The van der Waals surface area contributed by atoms with Gasteiger partial charge in [0.05, 0.1) is 5.02 Å². The molecule has 2 aromatic rings. The SMILES string of the molecule is O=C(/C=C/c1c(F)cccc1Cl)N1CCN(C/C=C/c2ccccc2)CC1. The van der Waals surface area contributed by atoms with Gasteiger partial charge in [-0.3, -0.25) is 9.69 Å². The molecule has 0 spiro atoms. The third-order valence-corrected chi connectivity index (χ3v) is 4.88. The molecule has 3 nitrogen and oxygen atoms in total. The first-order chi connectivity index (χ1) is 13.1. The van der Waals surface area contributed by atoms with Crippen LogP contribution in [0.2, 0.25) is 5.02 Å². The van der Waals surface area contributed by atoms with Crippen LogP contribution in [0, 0.1) is 5.82 Å². The molecule has 1 saturated heterocycles. The summed E-state index contributed by atoms with van der Waals surface area (Å²) in [5, 5.41) is 0.300. The van der Waals surface area contributed by atoms with Gasteiger partial charge in [0.25, 0.3) is 0 Å². The standard InChI is InChI=1S/C22H22ClFN2O/c23-20-9-4-10-21(24)19(20)11-12-22(27)26-16-14-25(15-17-26)13-5-8-18-6-2-1-3-7-18/h1-12H,13-17H2/b8-5+,12-11+. The molecule has 0 atom stereocenters. The van der Waals surface area contributed by atoms with Gasteiger partial charge in [-0.2, -0.15) is 0 Å². The van der Waals surface area contributed by atoms with Crippen LogP contribution in [0.1, 0.15) is 11.1 Å². The van der Waals surface area contributed by atoms with E-state index in [1.54, 1.807) is 17.0 Å². The lowest BCUT2D eigenvalue weighted by molar-refractivity contribution is -0.127. The molecule has 1 heterocycles. The van der Waals surface area contributed by atoms with Crippen molar-refractivity contribution >= 4 is 29.7 Å². The molecule has 0 bridgehead atoms. The number of rotatable bonds is 5. The lowest BCUT2D eigenvalue weighted by atomic mass is 10.2. The van der Waals surface area contributed by atoms with E-state index in [1.807, 2.05) is 18.2 Å². The quantitative estimate of drug-likeness (QED) is 0.715. The highest BCUT2D eigenvalue weighted by Crippen LogP contribution is 2.20. The lowest BCUT2D eigenvalue weighted by Crippen LogP contribution is -2.48. The van der Waals surface area contributed by atoms with Crippen molar-refractivity contribution in [3.63, 3.8) is 0 Å². The number of piperazine rings is 1. The van der Waals surface area contributed by atoms with E-state index in [2.05, 4.69) is 29.2 Å². The van der Waals surface area contributed by atoms with Crippen LogP contribution in [0.3, 0.4) is 0 Å². The van der Waals surface area contributed by atoms with Gasteiger partial charge in [0.1, 0.15) is 5.82 Å². The second kappa shape index (κ2) is 9.49. The lowest BCUT2D eigenvalue weighted by Gasteiger charge is -2.33. The first-order valence-corrected chi connectivity index (χ1v) is 9.36. The maximum atomic E-state index is 13.8. The highest BCUT2D eigenvalue weighted by atomic mass is 35.5. The Morgan fingerprint density at radius 3 is 2.44 bits per heavy atom. The van der Waals surface area contributed by atoms with Crippen molar-refractivity contribution in [1.82, 2.24) is 9.80 Å². The number of nitrogens with zero attached hydrogens (tertiary/aromatic N) is 2. The summed E-state index contributed by atoms with van der Waals surface area (Å²) in [6.07, 6.45) is 7.11. The molecule has 0 aliphatic carbocycles. The summed E-state index contributed by atoms with van der Waals surface area (Å²) in [4.78, 5) is 16.4. The number of hydrogen-bond acceptors (Lipinski definition) is 2. The van der Waals surface area contributed by atoms with E-state index in [-0.39, 0.29) is 11.5 Å². The maximum Gasteiger partial charge on any atom is 0.246 e. The molecular weight excluding hydrogens is 363 g/mol. The topological polar surface area (TPSA) is 23.6 Å². The molecule has 1 aliphatic heterocycles. The Hall–Kier alpha value is -2.43.